The molecule has 2 amide bonds. The summed E-state index contributed by atoms with van der Waals surface area (Å²) in [7, 11) is 0. The molecule has 1 aromatic carbocycles. The van der Waals surface area contributed by atoms with Crippen LogP contribution < -0.4 is 0 Å². The van der Waals surface area contributed by atoms with E-state index in [1.54, 1.807) is 6.92 Å². The number of carbonyl (C=O) groups excluding carboxylic acids is 3. The number of carbonyl (C=O) groups is 3. The molecule has 3 rings (SSSR count). The zero-order chi connectivity index (χ0) is 14.6. The van der Waals surface area contributed by atoms with Gasteiger partial charge in [-0.2, -0.15) is 0 Å². The van der Waals surface area contributed by atoms with Crippen LogP contribution in [0.3, 0.4) is 0 Å². The van der Waals surface area contributed by atoms with Gasteiger partial charge in [-0.05, 0) is 25.1 Å². The number of cyclic esters (lactones) is 1. The number of imide groups is 1. The van der Waals surface area contributed by atoms with Crippen LogP contribution in [-0.4, -0.2) is 28.9 Å². The van der Waals surface area contributed by atoms with Crippen molar-refractivity contribution in [2.24, 2.45) is 0 Å². The number of benzene rings is 1. The third kappa shape index (κ3) is 1.74. The number of ether oxygens (including phenoxy) is 1. The van der Waals surface area contributed by atoms with Crippen molar-refractivity contribution in [3.63, 3.8) is 0 Å². The number of amides is 2. The number of esters is 1. The Hall–Kier alpha value is -1.85. The van der Waals surface area contributed by atoms with E-state index < -0.39 is 24.0 Å². The maximum absolute atomic E-state index is 12.3. The Labute approximate surface area is 123 Å². The fourth-order valence-electron chi connectivity index (χ4n) is 2.13. The molecule has 0 fully saturated rings. The number of nitrogens with zero attached hydrogens (tertiary/aromatic N) is 1. The van der Waals surface area contributed by atoms with Gasteiger partial charge in [0.15, 0.2) is 0 Å². The van der Waals surface area contributed by atoms with E-state index in [4.69, 9.17) is 27.9 Å². The first-order chi connectivity index (χ1) is 9.40. The minimum absolute atomic E-state index is 0.151. The summed E-state index contributed by atoms with van der Waals surface area (Å²) in [6.07, 6.45) is 0.403. The molecular weight excluding hydrogens is 305 g/mol. The lowest BCUT2D eigenvalue weighted by atomic mass is 10.1. The van der Waals surface area contributed by atoms with Gasteiger partial charge >= 0.3 is 5.97 Å². The average Bonchev–Trinajstić information content (AvgIpc) is 2.82. The van der Waals surface area contributed by atoms with E-state index in [1.807, 2.05) is 0 Å². The highest BCUT2D eigenvalue weighted by Crippen LogP contribution is 2.33. The summed E-state index contributed by atoms with van der Waals surface area (Å²) < 4.78 is 4.98. The van der Waals surface area contributed by atoms with Crippen LogP contribution >= 0.6 is 23.2 Å². The number of fused-ring (bicyclic) bond motifs is 1. The molecule has 7 heteroatoms. The van der Waals surface area contributed by atoms with Crippen LogP contribution in [0.25, 0.3) is 0 Å². The van der Waals surface area contributed by atoms with Gasteiger partial charge in [0.25, 0.3) is 11.8 Å². The molecule has 0 spiro atoms. The molecule has 1 atom stereocenters. The number of hydrogen-bond donors (Lipinski definition) is 0. The lowest BCUT2D eigenvalue weighted by Crippen LogP contribution is -2.39. The van der Waals surface area contributed by atoms with E-state index in [1.165, 1.54) is 18.2 Å². The first-order valence-corrected chi connectivity index (χ1v) is 6.42. The smallest absolute Gasteiger partial charge is 0.335 e. The van der Waals surface area contributed by atoms with Gasteiger partial charge in [-0.1, -0.05) is 23.2 Å². The Morgan fingerprint density at radius 2 is 1.55 bits per heavy atom. The summed E-state index contributed by atoms with van der Waals surface area (Å²) in [6.45, 7) is 1.55. The van der Waals surface area contributed by atoms with Crippen LogP contribution in [0, 0.1) is 0 Å². The van der Waals surface area contributed by atoms with Crippen molar-refractivity contribution in [2.45, 2.75) is 13.2 Å². The largest absolute Gasteiger partial charge is 0.434 e. The van der Waals surface area contributed by atoms with Gasteiger partial charge in [0, 0.05) is 5.57 Å². The normalized spacial score (nSPS) is 21.1. The highest BCUT2D eigenvalue weighted by Gasteiger charge is 2.43. The molecule has 0 saturated heterocycles. The van der Waals surface area contributed by atoms with E-state index in [2.05, 4.69) is 0 Å². The summed E-state index contributed by atoms with van der Waals surface area (Å²) in [6, 6.07) is 2.68. The zero-order valence-electron chi connectivity index (χ0n) is 10.1. The Bertz CT molecular complexity index is 670. The summed E-state index contributed by atoms with van der Waals surface area (Å²) in [5.41, 5.74) is 0.652. The number of hydrogen-bond acceptors (Lipinski definition) is 4. The van der Waals surface area contributed by atoms with Gasteiger partial charge in [0.2, 0.25) is 6.23 Å². The van der Waals surface area contributed by atoms with Crippen molar-refractivity contribution >= 4 is 41.0 Å². The third-order valence-corrected chi connectivity index (χ3v) is 3.88. The molecule has 2 heterocycles. The van der Waals surface area contributed by atoms with Crippen molar-refractivity contribution in [3.05, 3.63) is 45.0 Å². The summed E-state index contributed by atoms with van der Waals surface area (Å²) in [5.74, 6) is -1.68. The van der Waals surface area contributed by atoms with Gasteiger partial charge < -0.3 is 4.74 Å². The molecule has 20 heavy (non-hydrogen) atoms. The molecule has 102 valence electrons. The first kappa shape index (κ1) is 13.1. The lowest BCUT2D eigenvalue weighted by Gasteiger charge is -2.19. The highest BCUT2D eigenvalue weighted by atomic mass is 35.5. The lowest BCUT2D eigenvalue weighted by molar-refractivity contribution is -0.143. The summed E-state index contributed by atoms with van der Waals surface area (Å²) in [4.78, 5) is 36.7. The molecule has 0 aromatic heterocycles. The predicted octanol–water partition coefficient (Wildman–Crippen LogP) is 2.42. The Balaban J connectivity index is 2.04. The second-order valence-corrected chi connectivity index (χ2v) is 5.25. The monoisotopic (exact) mass is 311 g/mol. The van der Waals surface area contributed by atoms with Crippen LogP contribution in [0.15, 0.2) is 23.8 Å². The summed E-state index contributed by atoms with van der Waals surface area (Å²) in [5, 5.41) is 0.368. The van der Waals surface area contributed by atoms with E-state index in [0.29, 0.717) is 5.57 Å². The Kier molecular flexibility index (Phi) is 2.84. The van der Waals surface area contributed by atoms with Crippen LogP contribution in [0.5, 0.6) is 0 Å². The molecule has 0 saturated carbocycles. The maximum atomic E-state index is 12.3. The molecule has 5 nitrogen and oxygen atoms in total. The second-order valence-electron chi connectivity index (χ2n) is 4.44. The van der Waals surface area contributed by atoms with E-state index in [0.717, 1.165) is 4.90 Å². The standard InChI is InChI=1S/C13H7Cl2NO4/c1-5-2-10(20-13(5)19)16-11(17)6-3-8(14)9(15)4-7(6)12(16)18/h2-4,10H,1H3. The molecule has 0 bridgehead atoms. The van der Waals surface area contributed by atoms with Gasteiger partial charge in [-0.25, -0.2) is 9.69 Å². The zero-order valence-corrected chi connectivity index (χ0v) is 11.7. The van der Waals surface area contributed by atoms with Crippen LogP contribution in [0.2, 0.25) is 10.0 Å². The van der Waals surface area contributed by atoms with Crippen molar-refractivity contribution in [1.29, 1.82) is 0 Å². The summed E-state index contributed by atoms with van der Waals surface area (Å²) >= 11 is 11.7. The highest BCUT2D eigenvalue weighted by molar-refractivity contribution is 6.43. The van der Waals surface area contributed by atoms with Crippen LogP contribution in [-0.2, 0) is 9.53 Å². The van der Waals surface area contributed by atoms with Crippen molar-refractivity contribution < 1.29 is 19.1 Å². The molecular formula is C13H7Cl2NO4. The average molecular weight is 312 g/mol. The van der Waals surface area contributed by atoms with E-state index in [-0.39, 0.29) is 21.2 Å². The van der Waals surface area contributed by atoms with Gasteiger partial charge in [0.1, 0.15) is 0 Å². The topological polar surface area (TPSA) is 63.7 Å². The first-order valence-electron chi connectivity index (χ1n) is 5.66. The quantitative estimate of drug-likeness (QED) is 0.590. The molecule has 0 aliphatic carbocycles. The van der Waals surface area contributed by atoms with Crippen molar-refractivity contribution in [3.8, 4) is 0 Å². The van der Waals surface area contributed by atoms with E-state index >= 15 is 0 Å². The molecule has 1 aromatic rings. The van der Waals surface area contributed by atoms with Gasteiger partial charge in [-0.3, -0.25) is 9.59 Å². The number of rotatable bonds is 1. The second kappa shape index (κ2) is 4.33. The minimum Gasteiger partial charge on any atom is -0.434 e. The molecule has 1 unspecified atom stereocenters. The van der Waals surface area contributed by atoms with Crippen LogP contribution in [0.1, 0.15) is 27.6 Å². The Morgan fingerprint density at radius 3 is 1.95 bits per heavy atom. The fraction of sp³-hybridized carbons (Fsp3) is 0.154. The van der Waals surface area contributed by atoms with E-state index in [9.17, 15) is 14.4 Å². The SMILES string of the molecule is CC1=CC(N2C(=O)c3cc(Cl)c(Cl)cc3C2=O)OC1=O. The Morgan fingerprint density at radius 1 is 1.05 bits per heavy atom. The molecule has 0 N–H and O–H groups in total. The van der Waals surface area contributed by atoms with Crippen molar-refractivity contribution in [1.82, 2.24) is 4.90 Å². The fourth-order valence-corrected chi connectivity index (χ4v) is 2.46. The number of halogens is 2. The molecule has 2 aliphatic heterocycles. The molecule has 0 radical (unpaired) electrons. The van der Waals surface area contributed by atoms with Gasteiger partial charge in [-0.15, -0.1) is 0 Å². The molecule has 2 aliphatic rings. The third-order valence-electron chi connectivity index (χ3n) is 3.16. The van der Waals surface area contributed by atoms with Crippen molar-refractivity contribution in [2.75, 3.05) is 0 Å². The predicted molar refractivity (Wildman–Crippen MR) is 70.6 cm³/mol. The van der Waals surface area contributed by atoms with Gasteiger partial charge in [0.05, 0.1) is 21.2 Å². The van der Waals surface area contributed by atoms with Crippen LogP contribution in [0.4, 0.5) is 0 Å². The minimum atomic E-state index is -1.02. The maximum Gasteiger partial charge on any atom is 0.335 e.